The normalized spacial score (nSPS) is 10.5. The summed E-state index contributed by atoms with van der Waals surface area (Å²) >= 11 is 0. The quantitative estimate of drug-likeness (QED) is 0.168. The maximum absolute atomic E-state index is 8.36. The molecule has 0 saturated heterocycles. The largest absolute Gasteiger partial charge is 0.370 e. The van der Waals surface area contributed by atoms with Crippen molar-refractivity contribution in [1.29, 1.82) is 5.41 Å². The number of guanidine groups is 2. The van der Waals surface area contributed by atoms with Crippen LogP contribution in [-0.4, -0.2) is 46.7 Å². The van der Waals surface area contributed by atoms with Crippen molar-refractivity contribution >= 4 is 11.9 Å². The molecule has 0 unspecified atom stereocenters. The van der Waals surface area contributed by atoms with Crippen molar-refractivity contribution in [3.8, 4) is 0 Å². The first-order chi connectivity index (χ1) is 10.9. The Morgan fingerprint density at radius 3 is 1.96 bits per heavy atom. The van der Waals surface area contributed by atoms with E-state index in [0.717, 1.165) is 31.9 Å². The molecule has 0 aliphatic carbocycles. The van der Waals surface area contributed by atoms with Gasteiger partial charge >= 0.3 is 0 Å². The predicted molar refractivity (Wildman–Crippen MR) is 92.4 cm³/mol. The monoisotopic (exact) mass is 332 g/mol. The lowest BCUT2D eigenvalue weighted by Gasteiger charge is -2.26. The lowest BCUT2D eigenvalue weighted by molar-refractivity contribution is -0.742. The molecule has 0 aliphatic heterocycles. The SMILES string of the molecule is CCCCCN(CCCCC)C(=NCC)NC(=N)N.O=[N+]([O-])O. The van der Waals surface area contributed by atoms with Crippen molar-refractivity contribution in [2.75, 3.05) is 19.6 Å². The third kappa shape index (κ3) is 17.9. The molecule has 0 rings (SSSR count). The molecule has 0 bridgehead atoms. The van der Waals surface area contributed by atoms with E-state index < -0.39 is 5.09 Å². The van der Waals surface area contributed by atoms with Crippen LogP contribution in [0.5, 0.6) is 0 Å². The topological polar surface area (TPSA) is 141 Å². The number of nitrogens with zero attached hydrogens (tertiary/aromatic N) is 3. The van der Waals surface area contributed by atoms with Gasteiger partial charge in [0.25, 0.3) is 5.09 Å². The third-order valence-electron chi connectivity index (χ3n) is 2.92. The standard InChI is InChI=1S/C14H31N5.HNO3/c1-4-7-9-11-19(12-10-8-5-2)14(17-6-3)18-13(15)16;2-1(3)4/h4-12H2,1-3H3,(H4,15,16,17,18);(H,2,3,4). The van der Waals surface area contributed by atoms with E-state index >= 15 is 0 Å². The molecule has 5 N–H and O–H groups in total. The molecular weight excluding hydrogens is 300 g/mol. The molecule has 0 spiro atoms. The van der Waals surface area contributed by atoms with Gasteiger partial charge in [-0.3, -0.25) is 15.7 Å². The fourth-order valence-electron chi connectivity index (χ4n) is 1.92. The van der Waals surface area contributed by atoms with Crippen LogP contribution in [-0.2, 0) is 0 Å². The van der Waals surface area contributed by atoms with E-state index in [0.29, 0.717) is 6.54 Å². The Bertz CT molecular complexity index is 335. The molecule has 0 heterocycles. The molecule has 0 aromatic rings. The van der Waals surface area contributed by atoms with Gasteiger partial charge in [-0.15, -0.1) is 10.1 Å². The molecule has 9 nitrogen and oxygen atoms in total. The number of hydrogen-bond donors (Lipinski definition) is 4. The highest BCUT2D eigenvalue weighted by Crippen LogP contribution is 2.03. The van der Waals surface area contributed by atoms with Gasteiger partial charge in [0.2, 0.25) is 5.96 Å². The van der Waals surface area contributed by atoms with Crippen LogP contribution in [0.4, 0.5) is 0 Å². The molecule has 0 amide bonds. The summed E-state index contributed by atoms with van der Waals surface area (Å²) in [5.41, 5.74) is 5.44. The van der Waals surface area contributed by atoms with Gasteiger partial charge in [-0.25, -0.2) is 0 Å². The molecule has 0 radical (unpaired) electrons. The summed E-state index contributed by atoms with van der Waals surface area (Å²) in [6.07, 6.45) is 7.19. The Morgan fingerprint density at radius 2 is 1.65 bits per heavy atom. The molecule has 0 aromatic carbocycles. The second-order valence-electron chi connectivity index (χ2n) is 4.98. The molecule has 23 heavy (non-hydrogen) atoms. The minimum atomic E-state index is -1.50. The highest BCUT2D eigenvalue weighted by Gasteiger charge is 2.11. The van der Waals surface area contributed by atoms with E-state index in [1.165, 1.54) is 25.7 Å². The molecule has 0 atom stereocenters. The van der Waals surface area contributed by atoms with Gasteiger partial charge in [0.1, 0.15) is 0 Å². The highest BCUT2D eigenvalue weighted by molar-refractivity contribution is 5.96. The summed E-state index contributed by atoms with van der Waals surface area (Å²) in [5.74, 6) is 0.713. The van der Waals surface area contributed by atoms with Gasteiger partial charge in [-0.05, 0) is 19.8 Å². The first-order valence-corrected chi connectivity index (χ1v) is 8.12. The lowest BCUT2D eigenvalue weighted by atomic mass is 10.2. The van der Waals surface area contributed by atoms with E-state index in [-0.39, 0.29) is 5.96 Å². The average molecular weight is 332 g/mol. The number of nitrogens with two attached hydrogens (primary N) is 1. The van der Waals surface area contributed by atoms with Gasteiger partial charge in [0, 0.05) is 19.6 Å². The molecule has 0 fully saturated rings. The van der Waals surface area contributed by atoms with E-state index in [1.807, 2.05) is 6.92 Å². The zero-order valence-corrected chi connectivity index (χ0v) is 14.5. The molecular formula is C14H32N6O3. The number of hydrogen-bond acceptors (Lipinski definition) is 4. The highest BCUT2D eigenvalue weighted by atomic mass is 16.9. The van der Waals surface area contributed by atoms with Crippen molar-refractivity contribution in [2.45, 2.75) is 59.3 Å². The van der Waals surface area contributed by atoms with Crippen LogP contribution in [0.2, 0.25) is 0 Å². The molecule has 0 saturated carbocycles. The molecule has 9 heteroatoms. The van der Waals surface area contributed by atoms with Crippen molar-refractivity contribution < 1.29 is 10.3 Å². The maximum Gasteiger partial charge on any atom is 0.291 e. The van der Waals surface area contributed by atoms with E-state index in [4.69, 9.17) is 26.5 Å². The van der Waals surface area contributed by atoms with Crippen molar-refractivity contribution in [1.82, 2.24) is 10.2 Å². The Hall–Kier alpha value is -2.06. The number of unbranched alkanes of at least 4 members (excludes halogenated alkanes) is 4. The molecule has 136 valence electrons. The zero-order chi connectivity index (χ0) is 18.1. The summed E-state index contributed by atoms with van der Waals surface area (Å²) in [6.45, 7) is 9.08. The van der Waals surface area contributed by atoms with Crippen LogP contribution in [0.3, 0.4) is 0 Å². The zero-order valence-electron chi connectivity index (χ0n) is 14.5. The number of rotatable bonds is 9. The minimum absolute atomic E-state index is 0.0387. The number of aliphatic imine (C=N–C) groups is 1. The molecule has 0 aromatic heterocycles. The third-order valence-corrected chi connectivity index (χ3v) is 2.92. The first kappa shape index (κ1) is 23.2. The summed E-state index contributed by atoms with van der Waals surface area (Å²) in [5, 5.41) is 23.9. The molecule has 0 aliphatic rings. The fraction of sp³-hybridized carbons (Fsp3) is 0.857. The van der Waals surface area contributed by atoms with Gasteiger partial charge in [-0.2, -0.15) is 0 Å². The Balaban J connectivity index is 0. The minimum Gasteiger partial charge on any atom is -0.370 e. The van der Waals surface area contributed by atoms with Gasteiger partial charge in [0.05, 0.1) is 0 Å². The Kier molecular flexibility index (Phi) is 16.5. The predicted octanol–water partition coefficient (Wildman–Crippen LogP) is 2.18. The number of nitrogens with one attached hydrogen (secondary N) is 2. The van der Waals surface area contributed by atoms with Crippen LogP contribution >= 0.6 is 0 Å². The average Bonchev–Trinajstić information content (AvgIpc) is 2.44. The van der Waals surface area contributed by atoms with Crippen LogP contribution < -0.4 is 11.1 Å². The smallest absolute Gasteiger partial charge is 0.291 e. The van der Waals surface area contributed by atoms with Gasteiger partial charge < -0.3 is 15.8 Å². The Labute approximate surface area is 138 Å². The summed E-state index contributed by atoms with van der Waals surface area (Å²) in [4.78, 5) is 15.0. The lowest BCUT2D eigenvalue weighted by Crippen LogP contribution is -2.47. The first-order valence-electron chi connectivity index (χ1n) is 8.12. The second-order valence-corrected chi connectivity index (χ2v) is 4.98. The van der Waals surface area contributed by atoms with Gasteiger partial charge in [0.15, 0.2) is 5.96 Å². The van der Waals surface area contributed by atoms with Crippen molar-refractivity contribution in [3.63, 3.8) is 0 Å². The summed E-state index contributed by atoms with van der Waals surface area (Å²) < 4.78 is 0. The van der Waals surface area contributed by atoms with Gasteiger partial charge in [-0.1, -0.05) is 39.5 Å². The summed E-state index contributed by atoms with van der Waals surface area (Å²) in [6, 6.07) is 0. The maximum atomic E-state index is 8.36. The Morgan fingerprint density at radius 1 is 1.22 bits per heavy atom. The van der Waals surface area contributed by atoms with Crippen molar-refractivity contribution in [3.05, 3.63) is 10.1 Å². The van der Waals surface area contributed by atoms with Crippen LogP contribution in [0, 0.1) is 15.5 Å². The summed E-state index contributed by atoms with van der Waals surface area (Å²) in [7, 11) is 0. The van der Waals surface area contributed by atoms with Crippen LogP contribution in [0.15, 0.2) is 4.99 Å². The van der Waals surface area contributed by atoms with E-state index in [1.54, 1.807) is 0 Å². The van der Waals surface area contributed by atoms with Crippen molar-refractivity contribution in [2.24, 2.45) is 10.7 Å². The van der Waals surface area contributed by atoms with E-state index in [2.05, 4.69) is 29.1 Å². The van der Waals surface area contributed by atoms with Crippen LogP contribution in [0.1, 0.15) is 59.3 Å². The fourth-order valence-corrected chi connectivity index (χ4v) is 1.92. The van der Waals surface area contributed by atoms with Crippen LogP contribution in [0.25, 0.3) is 0 Å². The van der Waals surface area contributed by atoms with E-state index in [9.17, 15) is 0 Å². The second kappa shape index (κ2) is 16.3.